The van der Waals surface area contributed by atoms with E-state index in [2.05, 4.69) is 4.90 Å². The molecule has 0 unspecified atom stereocenters. The van der Waals surface area contributed by atoms with Gasteiger partial charge in [0, 0.05) is 18.1 Å². The van der Waals surface area contributed by atoms with Gasteiger partial charge in [0.1, 0.15) is 0 Å². The summed E-state index contributed by atoms with van der Waals surface area (Å²) in [6, 6.07) is 5.07. The number of hydrogen-bond acceptors (Lipinski definition) is 2. The molecule has 2 saturated carbocycles. The number of halogens is 1. The SMILES string of the molecule is O=C(O)c1ccc(Cl)cc1N(CC1CC1)CC1CC1. The van der Waals surface area contributed by atoms with Crippen LogP contribution >= 0.6 is 11.6 Å². The van der Waals surface area contributed by atoms with Crippen LogP contribution < -0.4 is 4.90 Å². The average molecular weight is 280 g/mol. The highest BCUT2D eigenvalue weighted by molar-refractivity contribution is 6.31. The van der Waals surface area contributed by atoms with Gasteiger partial charge in [-0.15, -0.1) is 0 Å². The highest BCUT2D eigenvalue weighted by Gasteiger charge is 2.30. The molecule has 2 aliphatic carbocycles. The van der Waals surface area contributed by atoms with Crippen molar-refractivity contribution in [2.24, 2.45) is 11.8 Å². The van der Waals surface area contributed by atoms with Crippen LogP contribution in [0.2, 0.25) is 5.02 Å². The van der Waals surface area contributed by atoms with Crippen LogP contribution in [0.5, 0.6) is 0 Å². The van der Waals surface area contributed by atoms with Crippen molar-refractivity contribution in [2.75, 3.05) is 18.0 Å². The molecule has 0 spiro atoms. The van der Waals surface area contributed by atoms with Gasteiger partial charge in [-0.3, -0.25) is 0 Å². The zero-order valence-corrected chi connectivity index (χ0v) is 11.6. The van der Waals surface area contributed by atoms with Crippen molar-refractivity contribution in [2.45, 2.75) is 25.7 Å². The predicted molar refractivity (Wildman–Crippen MR) is 76.1 cm³/mol. The van der Waals surface area contributed by atoms with Crippen molar-refractivity contribution in [3.63, 3.8) is 0 Å². The largest absolute Gasteiger partial charge is 0.478 e. The smallest absolute Gasteiger partial charge is 0.337 e. The zero-order chi connectivity index (χ0) is 13.4. The van der Waals surface area contributed by atoms with Crippen molar-refractivity contribution < 1.29 is 9.90 Å². The van der Waals surface area contributed by atoms with Crippen LogP contribution in [0.25, 0.3) is 0 Å². The van der Waals surface area contributed by atoms with E-state index in [4.69, 9.17) is 11.6 Å². The second-order valence-corrected chi connectivity index (χ2v) is 6.19. The van der Waals surface area contributed by atoms with Crippen molar-refractivity contribution in [3.05, 3.63) is 28.8 Å². The maximum atomic E-state index is 11.4. The van der Waals surface area contributed by atoms with E-state index in [1.807, 2.05) is 0 Å². The van der Waals surface area contributed by atoms with Crippen LogP contribution in [0.4, 0.5) is 5.69 Å². The van der Waals surface area contributed by atoms with Crippen molar-refractivity contribution >= 4 is 23.3 Å². The van der Waals surface area contributed by atoms with Crippen LogP contribution in [-0.2, 0) is 0 Å². The average Bonchev–Trinajstić information content (AvgIpc) is 3.22. The molecule has 0 heterocycles. The number of benzene rings is 1. The molecular weight excluding hydrogens is 262 g/mol. The monoisotopic (exact) mass is 279 g/mol. The van der Waals surface area contributed by atoms with Gasteiger partial charge in [0.2, 0.25) is 0 Å². The lowest BCUT2D eigenvalue weighted by molar-refractivity contribution is 0.0697. The summed E-state index contributed by atoms with van der Waals surface area (Å²) in [5, 5.41) is 9.94. The molecule has 1 aromatic carbocycles. The Morgan fingerprint density at radius 3 is 2.26 bits per heavy atom. The molecule has 0 bridgehead atoms. The normalized spacial score (nSPS) is 18.4. The van der Waals surface area contributed by atoms with Crippen LogP contribution in [0.1, 0.15) is 36.0 Å². The van der Waals surface area contributed by atoms with Gasteiger partial charge in [-0.2, -0.15) is 0 Å². The highest BCUT2D eigenvalue weighted by Crippen LogP contribution is 2.37. The van der Waals surface area contributed by atoms with Gasteiger partial charge in [-0.05, 0) is 55.7 Å². The number of rotatable bonds is 6. The van der Waals surface area contributed by atoms with Gasteiger partial charge in [0.05, 0.1) is 11.3 Å². The predicted octanol–water partition coefficient (Wildman–Crippen LogP) is 3.66. The van der Waals surface area contributed by atoms with Gasteiger partial charge in [0.25, 0.3) is 0 Å². The third-order valence-corrected chi connectivity index (χ3v) is 4.12. The summed E-state index contributed by atoms with van der Waals surface area (Å²) in [4.78, 5) is 13.6. The minimum Gasteiger partial charge on any atom is -0.478 e. The summed E-state index contributed by atoms with van der Waals surface area (Å²) in [5.41, 5.74) is 1.16. The molecule has 3 rings (SSSR count). The highest BCUT2D eigenvalue weighted by atomic mass is 35.5. The first-order chi connectivity index (χ1) is 9.13. The van der Waals surface area contributed by atoms with E-state index in [0.29, 0.717) is 10.6 Å². The Kier molecular flexibility index (Phi) is 3.40. The Hall–Kier alpha value is -1.22. The molecule has 1 N–H and O–H groups in total. The molecule has 3 nitrogen and oxygen atoms in total. The lowest BCUT2D eigenvalue weighted by atomic mass is 10.1. The number of aromatic carboxylic acids is 1. The molecule has 0 atom stereocenters. The molecule has 1 aromatic rings. The summed E-state index contributed by atoms with van der Waals surface area (Å²) >= 11 is 6.05. The fourth-order valence-corrected chi connectivity index (χ4v) is 2.61. The van der Waals surface area contributed by atoms with Crippen molar-refractivity contribution in [1.82, 2.24) is 0 Å². The van der Waals surface area contributed by atoms with Gasteiger partial charge >= 0.3 is 5.97 Å². The van der Waals surface area contributed by atoms with E-state index in [0.717, 1.165) is 30.6 Å². The first-order valence-electron chi connectivity index (χ1n) is 6.91. The number of carbonyl (C=O) groups is 1. The molecule has 2 fully saturated rings. The first kappa shape index (κ1) is 12.8. The molecule has 2 aliphatic rings. The molecule has 19 heavy (non-hydrogen) atoms. The molecule has 0 amide bonds. The molecule has 102 valence electrons. The van der Waals surface area contributed by atoms with E-state index in [1.54, 1.807) is 18.2 Å². The minimum absolute atomic E-state index is 0.366. The Balaban J connectivity index is 1.89. The number of carboxylic acid groups (broad SMARTS) is 1. The second kappa shape index (κ2) is 5.04. The molecule has 0 radical (unpaired) electrons. The van der Waals surface area contributed by atoms with E-state index in [-0.39, 0.29) is 0 Å². The van der Waals surface area contributed by atoms with Crippen molar-refractivity contribution in [1.29, 1.82) is 0 Å². The summed E-state index contributed by atoms with van der Waals surface area (Å²) in [6.45, 7) is 1.94. The van der Waals surface area contributed by atoms with Crippen LogP contribution in [0.15, 0.2) is 18.2 Å². The van der Waals surface area contributed by atoms with Gasteiger partial charge < -0.3 is 10.0 Å². The topological polar surface area (TPSA) is 40.5 Å². The Labute approximate surface area is 118 Å². The van der Waals surface area contributed by atoms with Gasteiger partial charge in [-0.1, -0.05) is 11.6 Å². The lowest BCUT2D eigenvalue weighted by Crippen LogP contribution is -2.29. The quantitative estimate of drug-likeness (QED) is 0.864. The minimum atomic E-state index is -0.872. The first-order valence-corrected chi connectivity index (χ1v) is 7.29. The number of hydrogen-bond donors (Lipinski definition) is 1. The molecule has 0 aromatic heterocycles. The van der Waals surface area contributed by atoms with E-state index >= 15 is 0 Å². The van der Waals surface area contributed by atoms with Crippen LogP contribution in [-0.4, -0.2) is 24.2 Å². The standard InChI is InChI=1S/C15H18ClNO2/c16-12-5-6-13(15(18)19)14(7-12)17(8-10-1-2-10)9-11-3-4-11/h5-7,10-11H,1-4,8-9H2,(H,18,19). The number of carboxylic acids is 1. The van der Waals surface area contributed by atoms with E-state index in [1.165, 1.54) is 25.7 Å². The molecule has 4 heteroatoms. The summed E-state index contributed by atoms with van der Waals surface area (Å²) in [7, 11) is 0. The third-order valence-electron chi connectivity index (χ3n) is 3.88. The number of nitrogens with zero attached hydrogens (tertiary/aromatic N) is 1. The fraction of sp³-hybridized carbons (Fsp3) is 0.533. The Bertz CT molecular complexity index is 481. The Morgan fingerprint density at radius 2 is 1.79 bits per heavy atom. The molecular formula is C15H18ClNO2. The Morgan fingerprint density at radius 1 is 1.21 bits per heavy atom. The second-order valence-electron chi connectivity index (χ2n) is 5.76. The van der Waals surface area contributed by atoms with Crippen LogP contribution in [0.3, 0.4) is 0 Å². The third kappa shape index (κ3) is 3.21. The molecule has 0 aliphatic heterocycles. The summed E-state index contributed by atoms with van der Waals surface area (Å²) < 4.78 is 0. The van der Waals surface area contributed by atoms with E-state index < -0.39 is 5.97 Å². The zero-order valence-electron chi connectivity index (χ0n) is 10.8. The summed E-state index contributed by atoms with van der Waals surface area (Å²) in [6.07, 6.45) is 5.07. The maximum Gasteiger partial charge on any atom is 0.337 e. The lowest BCUT2D eigenvalue weighted by Gasteiger charge is -2.26. The summed E-state index contributed by atoms with van der Waals surface area (Å²) in [5.74, 6) is 0.599. The van der Waals surface area contributed by atoms with Crippen LogP contribution in [0, 0.1) is 11.8 Å². The van der Waals surface area contributed by atoms with E-state index in [9.17, 15) is 9.90 Å². The van der Waals surface area contributed by atoms with Gasteiger partial charge in [0.15, 0.2) is 0 Å². The number of anilines is 1. The van der Waals surface area contributed by atoms with Gasteiger partial charge in [-0.25, -0.2) is 4.79 Å². The molecule has 0 saturated heterocycles. The van der Waals surface area contributed by atoms with Crippen molar-refractivity contribution in [3.8, 4) is 0 Å². The fourth-order valence-electron chi connectivity index (χ4n) is 2.44. The maximum absolute atomic E-state index is 11.4.